The third-order valence-electron chi connectivity index (χ3n) is 3.69. The van der Waals surface area contributed by atoms with E-state index in [0.29, 0.717) is 0 Å². The number of hydrogen-bond acceptors (Lipinski definition) is 6. The molecule has 4 bridgehead atoms. The zero-order valence-electron chi connectivity index (χ0n) is 11.0. The molecular formula is C12H20O6. The maximum atomic E-state index is 10.5. The average Bonchev–Trinajstić information content (AvgIpc) is 2.22. The molecule has 0 amide bonds. The lowest BCUT2D eigenvalue weighted by Gasteiger charge is -2.61. The molecule has 0 aromatic rings. The quantitative estimate of drug-likeness (QED) is 0.677. The second-order valence-electron chi connectivity index (χ2n) is 6.41. The van der Waals surface area contributed by atoms with E-state index >= 15 is 0 Å². The Morgan fingerprint density at radius 1 is 1.11 bits per heavy atom. The second-order valence-corrected chi connectivity index (χ2v) is 6.41. The van der Waals surface area contributed by atoms with Gasteiger partial charge in [-0.15, -0.1) is 0 Å². The van der Waals surface area contributed by atoms with Crippen LogP contribution in [-0.2, 0) is 18.9 Å². The molecule has 104 valence electrons. The topological polar surface area (TPSA) is 77.4 Å². The molecule has 7 atom stereocenters. The van der Waals surface area contributed by atoms with E-state index in [-0.39, 0.29) is 0 Å². The highest BCUT2D eigenvalue weighted by molar-refractivity contribution is 5.12. The molecule has 0 aromatic heterocycles. The fourth-order valence-electron chi connectivity index (χ4n) is 2.97. The first-order valence-electron chi connectivity index (χ1n) is 6.25. The van der Waals surface area contributed by atoms with Crippen molar-refractivity contribution in [3.63, 3.8) is 0 Å². The van der Waals surface area contributed by atoms with Crippen molar-refractivity contribution in [1.82, 2.24) is 0 Å². The highest BCUT2D eigenvalue weighted by Gasteiger charge is 2.67. The third-order valence-corrected chi connectivity index (χ3v) is 3.69. The van der Waals surface area contributed by atoms with E-state index in [9.17, 15) is 10.2 Å². The number of hydrogen-bond donors (Lipinski definition) is 2. The van der Waals surface area contributed by atoms with E-state index in [2.05, 4.69) is 0 Å². The van der Waals surface area contributed by atoms with E-state index < -0.39 is 48.2 Å². The van der Waals surface area contributed by atoms with Crippen molar-refractivity contribution in [3.8, 4) is 0 Å². The molecule has 4 fully saturated rings. The highest BCUT2D eigenvalue weighted by atomic mass is 16.9. The van der Waals surface area contributed by atoms with Crippen LogP contribution in [-0.4, -0.2) is 58.4 Å². The van der Waals surface area contributed by atoms with Gasteiger partial charge >= 0.3 is 0 Å². The molecule has 3 saturated heterocycles. The molecule has 0 aromatic carbocycles. The van der Waals surface area contributed by atoms with Crippen molar-refractivity contribution in [2.24, 2.45) is 0 Å². The van der Waals surface area contributed by atoms with Crippen LogP contribution in [0, 0.1) is 0 Å². The van der Waals surface area contributed by atoms with Crippen LogP contribution in [0.25, 0.3) is 0 Å². The van der Waals surface area contributed by atoms with Crippen molar-refractivity contribution in [2.75, 3.05) is 0 Å². The van der Waals surface area contributed by atoms with Gasteiger partial charge in [-0.3, -0.25) is 0 Å². The van der Waals surface area contributed by atoms with Gasteiger partial charge in [0.05, 0.1) is 5.60 Å². The fraction of sp³-hybridized carbons (Fsp3) is 1.00. The van der Waals surface area contributed by atoms with Crippen molar-refractivity contribution >= 4 is 0 Å². The Morgan fingerprint density at radius 3 is 2.33 bits per heavy atom. The molecule has 1 unspecified atom stereocenters. The molecule has 3 aliphatic heterocycles. The first-order valence-corrected chi connectivity index (χ1v) is 6.25. The molecule has 2 N–H and O–H groups in total. The summed E-state index contributed by atoms with van der Waals surface area (Å²) in [4.78, 5) is 0. The van der Waals surface area contributed by atoms with Crippen molar-refractivity contribution in [1.29, 1.82) is 0 Å². The van der Waals surface area contributed by atoms with Crippen molar-refractivity contribution in [3.05, 3.63) is 0 Å². The molecule has 18 heavy (non-hydrogen) atoms. The Hall–Kier alpha value is -0.240. The zero-order chi connectivity index (χ0) is 13.3. The average molecular weight is 260 g/mol. The third kappa shape index (κ3) is 1.71. The van der Waals surface area contributed by atoms with Gasteiger partial charge in [-0.25, -0.2) is 0 Å². The van der Waals surface area contributed by atoms with Gasteiger partial charge in [-0.1, -0.05) is 0 Å². The summed E-state index contributed by atoms with van der Waals surface area (Å²) in [5, 5.41) is 20.7. The van der Waals surface area contributed by atoms with Crippen LogP contribution in [0.3, 0.4) is 0 Å². The minimum atomic E-state index is -1.29. The van der Waals surface area contributed by atoms with E-state index in [1.54, 1.807) is 6.92 Å². The van der Waals surface area contributed by atoms with Gasteiger partial charge in [0.25, 0.3) is 6.48 Å². The van der Waals surface area contributed by atoms with Crippen LogP contribution in [0.1, 0.15) is 27.7 Å². The molecule has 3 heterocycles. The fourth-order valence-corrected chi connectivity index (χ4v) is 2.97. The Morgan fingerprint density at radius 2 is 1.72 bits per heavy atom. The predicted octanol–water partition coefficient (Wildman–Crippen LogP) is -0.238. The van der Waals surface area contributed by atoms with Gasteiger partial charge in [-0.05, 0) is 27.7 Å². The standard InChI is InChI=1S/C12H20O6/c1-11(2,3)18-7-6-5(13)8-12(4,14)9(7)17-10(15-6)16-8/h5-10,13-14H,1-4H3/t5-,6-,7-,8+,9-,10?,12-/m0/s1. The largest absolute Gasteiger partial charge is 0.387 e. The van der Waals surface area contributed by atoms with E-state index in [4.69, 9.17) is 18.9 Å². The Labute approximate surface area is 106 Å². The summed E-state index contributed by atoms with van der Waals surface area (Å²) < 4.78 is 22.2. The van der Waals surface area contributed by atoms with Crippen molar-refractivity contribution in [2.45, 2.75) is 75.9 Å². The Kier molecular flexibility index (Phi) is 2.59. The normalized spacial score (nSPS) is 55.0. The lowest BCUT2D eigenvalue weighted by atomic mass is 9.74. The van der Waals surface area contributed by atoms with Crippen LogP contribution >= 0.6 is 0 Å². The minimum absolute atomic E-state index is 0.413. The highest BCUT2D eigenvalue weighted by Crippen LogP contribution is 2.46. The van der Waals surface area contributed by atoms with E-state index in [0.717, 1.165) is 0 Å². The number of rotatable bonds is 1. The van der Waals surface area contributed by atoms with Crippen LogP contribution < -0.4 is 0 Å². The van der Waals surface area contributed by atoms with Gasteiger partial charge in [-0.2, -0.15) is 0 Å². The van der Waals surface area contributed by atoms with Crippen LogP contribution in [0.2, 0.25) is 0 Å². The summed E-state index contributed by atoms with van der Waals surface area (Å²) in [6.07, 6.45) is -3.19. The lowest BCUT2D eigenvalue weighted by molar-refractivity contribution is -0.503. The summed E-state index contributed by atoms with van der Waals surface area (Å²) in [6, 6.07) is 0. The first kappa shape index (κ1) is 12.8. The summed E-state index contributed by atoms with van der Waals surface area (Å²) in [6.45, 7) is 6.52. The summed E-state index contributed by atoms with van der Waals surface area (Å²) in [7, 11) is 0. The number of ether oxygens (including phenoxy) is 4. The van der Waals surface area contributed by atoms with E-state index in [1.165, 1.54) is 0 Å². The monoisotopic (exact) mass is 260 g/mol. The molecule has 1 aliphatic carbocycles. The van der Waals surface area contributed by atoms with Crippen LogP contribution in [0.4, 0.5) is 0 Å². The lowest BCUT2D eigenvalue weighted by Crippen LogP contribution is -2.80. The van der Waals surface area contributed by atoms with Gasteiger partial charge in [0, 0.05) is 0 Å². The summed E-state index contributed by atoms with van der Waals surface area (Å²) in [5.41, 5.74) is -1.70. The molecule has 1 saturated carbocycles. The first-order chi connectivity index (χ1) is 8.20. The van der Waals surface area contributed by atoms with Gasteiger partial charge in [0.2, 0.25) is 0 Å². The maximum Gasteiger partial charge on any atom is 0.273 e. The molecule has 0 radical (unpaired) electrons. The summed E-state index contributed by atoms with van der Waals surface area (Å²) in [5.74, 6) is 0. The molecule has 6 nitrogen and oxygen atoms in total. The van der Waals surface area contributed by atoms with E-state index in [1.807, 2.05) is 20.8 Å². The second kappa shape index (κ2) is 3.65. The van der Waals surface area contributed by atoms with Crippen LogP contribution in [0.15, 0.2) is 0 Å². The summed E-state index contributed by atoms with van der Waals surface area (Å²) >= 11 is 0. The molecular weight excluding hydrogens is 240 g/mol. The smallest absolute Gasteiger partial charge is 0.273 e. The molecule has 4 aliphatic rings. The SMILES string of the molecule is CC(C)(C)O[C@H]1[C@H]2OC3O[C@H]([C@H]2O)[C@](C)(O)[C@H]1O3. The minimum Gasteiger partial charge on any atom is -0.387 e. The Bertz CT molecular complexity index is 349. The zero-order valence-corrected chi connectivity index (χ0v) is 11.0. The number of aliphatic hydroxyl groups excluding tert-OH is 1. The van der Waals surface area contributed by atoms with Gasteiger partial charge in [0.15, 0.2) is 0 Å². The molecule has 4 rings (SSSR count). The molecule has 6 heteroatoms. The predicted molar refractivity (Wildman–Crippen MR) is 59.7 cm³/mol. The molecule has 0 spiro atoms. The van der Waals surface area contributed by atoms with Gasteiger partial charge in [0.1, 0.15) is 36.1 Å². The van der Waals surface area contributed by atoms with Crippen LogP contribution in [0.5, 0.6) is 0 Å². The maximum absolute atomic E-state index is 10.5. The van der Waals surface area contributed by atoms with Gasteiger partial charge < -0.3 is 29.2 Å². The number of aliphatic hydroxyl groups is 2. The van der Waals surface area contributed by atoms with Crippen molar-refractivity contribution < 1.29 is 29.2 Å². The Balaban J connectivity index is 1.92.